The third-order valence-corrected chi connectivity index (χ3v) is 3.67. The maximum absolute atomic E-state index is 4.55. The molecule has 4 nitrogen and oxygen atoms in total. The molecule has 21 heavy (non-hydrogen) atoms. The molecular formula is C17H20N4. The van der Waals surface area contributed by atoms with Gasteiger partial charge >= 0.3 is 0 Å². The fraction of sp³-hybridized carbons (Fsp3) is 0.353. The van der Waals surface area contributed by atoms with Crippen molar-refractivity contribution >= 4 is 11.2 Å². The molecule has 108 valence electrons. The summed E-state index contributed by atoms with van der Waals surface area (Å²) in [6, 6.07) is 10.5. The minimum atomic E-state index is 0.809. The number of rotatable bonds is 6. The van der Waals surface area contributed by atoms with Crippen LogP contribution in [0.25, 0.3) is 11.2 Å². The average molecular weight is 280 g/mol. The third kappa shape index (κ3) is 3.27. The molecule has 0 aliphatic heterocycles. The lowest BCUT2D eigenvalue weighted by atomic mass is 10.1. The van der Waals surface area contributed by atoms with Gasteiger partial charge in [0.25, 0.3) is 0 Å². The normalized spacial score (nSPS) is 11.1. The summed E-state index contributed by atoms with van der Waals surface area (Å²) < 4.78 is 2.13. The first-order chi connectivity index (χ1) is 10.4. The van der Waals surface area contributed by atoms with E-state index in [-0.39, 0.29) is 0 Å². The lowest BCUT2D eigenvalue weighted by Crippen LogP contribution is -2.01. The molecule has 0 aliphatic rings. The van der Waals surface area contributed by atoms with Crippen LogP contribution in [0.4, 0.5) is 0 Å². The van der Waals surface area contributed by atoms with E-state index in [0.717, 1.165) is 49.2 Å². The molecule has 0 saturated carbocycles. The molecule has 0 fully saturated rings. The van der Waals surface area contributed by atoms with Crippen molar-refractivity contribution in [3.05, 3.63) is 54.2 Å². The SMILES string of the molecule is CCCCc1ncc2c(ncn2CCc2ccccc2)n1. The van der Waals surface area contributed by atoms with Gasteiger partial charge in [-0.2, -0.15) is 0 Å². The van der Waals surface area contributed by atoms with Gasteiger partial charge in [-0.05, 0) is 18.4 Å². The van der Waals surface area contributed by atoms with Crippen molar-refractivity contribution in [2.24, 2.45) is 0 Å². The predicted octanol–water partition coefficient (Wildman–Crippen LogP) is 3.41. The molecule has 2 aromatic heterocycles. The van der Waals surface area contributed by atoms with E-state index in [4.69, 9.17) is 0 Å². The summed E-state index contributed by atoms with van der Waals surface area (Å²) >= 11 is 0. The Morgan fingerprint density at radius 3 is 2.71 bits per heavy atom. The van der Waals surface area contributed by atoms with E-state index in [1.807, 2.05) is 18.6 Å². The molecule has 4 heteroatoms. The minimum absolute atomic E-state index is 0.809. The molecular weight excluding hydrogens is 260 g/mol. The molecule has 0 radical (unpaired) electrons. The van der Waals surface area contributed by atoms with E-state index in [2.05, 4.69) is 50.7 Å². The number of hydrogen-bond acceptors (Lipinski definition) is 3. The van der Waals surface area contributed by atoms with Gasteiger partial charge in [0.1, 0.15) is 11.3 Å². The molecule has 1 aromatic carbocycles. The van der Waals surface area contributed by atoms with Gasteiger partial charge < -0.3 is 4.57 Å². The van der Waals surface area contributed by atoms with E-state index in [9.17, 15) is 0 Å². The summed E-state index contributed by atoms with van der Waals surface area (Å²) in [6.45, 7) is 3.08. The van der Waals surface area contributed by atoms with Crippen LogP contribution in [0.3, 0.4) is 0 Å². The summed E-state index contributed by atoms with van der Waals surface area (Å²) in [5.74, 6) is 0.901. The third-order valence-electron chi connectivity index (χ3n) is 3.67. The largest absolute Gasteiger partial charge is 0.328 e. The van der Waals surface area contributed by atoms with Crippen molar-refractivity contribution in [2.75, 3.05) is 0 Å². The van der Waals surface area contributed by atoms with Crippen LogP contribution >= 0.6 is 0 Å². The van der Waals surface area contributed by atoms with Crippen molar-refractivity contribution in [1.82, 2.24) is 19.5 Å². The van der Waals surface area contributed by atoms with Crippen molar-refractivity contribution in [1.29, 1.82) is 0 Å². The summed E-state index contributed by atoms with van der Waals surface area (Å²) in [6.07, 6.45) is 7.98. The first-order valence-corrected chi connectivity index (χ1v) is 7.57. The van der Waals surface area contributed by atoms with Crippen LogP contribution in [0, 0.1) is 0 Å². The first-order valence-electron chi connectivity index (χ1n) is 7.57. The highest BCUT2D eigenvalue weighted by Gasteiger charge is 2.06. The number of aromatic nitrogens is 4. The van der Waals surface area contributed by atoms with E-state index < -0.39 is 0 Å². The van der Waals surface area contributed by atoms with Crippen molar-refractivity contribution < 1.29 is 0 Å². The number of benzene rings is 1. The lowest BCUT2D eigenvalue weighted by Gasteiger charge is -2.04. The van der Waals surface area contributed by atoms with E-state index in [1.165, 1.54) is 5.56 Å². The van der Waals surface area contributed by atoms with E-state index >= 15 is 0 Å². The number of aryl methyl sites for hydroxylation is 3. The predicted molar refractivity (Wildman–Crippen MR) is 84.1 cm³/mol. The van der Waals surface area contributed by atoms with E-state index in [0.29, 0.717) is 0 Å². The Bertz CT molecular complexity index is 703. The smallest absolute Gasteiger partial charge is 0.181 e. The van der Waals surface area contributed by atoms with Crippen molar-refractivity contribution in [2.45, 2.75) is 39.2 Å². The number of imidazole rings is 1. The lowest BCUT2D eigenvalue weighted by molar-refractivity contribution is 0.713. The summed E-state index contributed by atoms with van der Waals surface area (Å²) in [7, 11) is 0. The van der Waals surface area contributed by atoms with Gasteiger partial charge in [0.2, 0.25) is 0 Å². The molecule has 0 spiro atoms. The molecule has 3 rings (SSSR count). The van der Waals surface area contributed by atoms with Gasteiger partial charge in [0.05, 0.1) is 12.5 Å². The van der Waals surface area contributed by atoms with Crippen molar-refractivity contribution in [3.63, 3.8) is 0 Å². The number of unbranched alkanes of at least 4 members (excludes halogenated alkanes) is 1. The Morgan fingerprint density at radius 2 is 1.90 bits per heavy atom. The van der Waals surface area contributed by atoms with Gasteiger partial charge in [0, 0.05) is 13.0 Å². The van der Waals surface area contributed by atoms with Crippen LogP contribution in [0.5, 0.6) is 0 Å². The molecule has 3 aromatic rings. The van der Waals surface area contributed by atoms with Gasteiger partial charge in [0.15, 0.2) is 5.65 Å². The molecule has 0 bridgehead atoms. The monoisotopic (exact) mass is 280 g/mol. The van der Waals surface area contributed by atoms with Gasteiger partial charge in [-0.25, -0.2) is 15.0 Å². The van der Waals surface area contributed by atoms with Gasteiger partial charge in [-0.15, -0.1) is 0 Å². The summed E-state index contributed by atoms with van der Waals surface area (Å²) in [5.41, 5.74) is 3.16. The minimum Gasteiger partial charge on any atom is -0.328 e. The fourth-order valence-electron chi connectivity index (χ4n) is 2.41. The van der Waals surface area contributed by atoms with Crippen LogP contribution in [-0.2, 0) is 19.4 Å². The molecule has 0 N–H and O–H groups in total. The Labute approximate surface area is 124 Å². The zero-order chi connectivity index (χ0) is 14.5. The number of nitrogens with zero attached hydrogens (tertiary/aromatic N) is 4. The number of fused-ring (bicyclic) bond motifs is 1. The Balaban J connectivity index is 1.74. The number of hydrogen-bond donors (Lipinski definition) is 0. The van der Waals surface area contributed by atoms with Crippen LogP contribution in [0.2, 0.25) is 0 Å². The second-order valence-electron chi connectivity index (χ2n) is 5.27. The molecule has 0 aliphatic carbocycles. The summed E-state index contributed by atoms with van der Waals surface area (Å²) in [4.78, 5) is 13.4. The topological polar surface area (TPSA) is 43.6 Å². The molecule has 0 saturated heterocycles. The maximum Gasteiger partial charge on any atom is 0.181 e. The van der Waals surface area contributed by atoms with Crippen LogP contribution < -0.4 is 0 Å². The quantitative estimate of drug-likeness (QED) is 0.695. The average Bonchev–Trinajstić information content (AvgIpc) is 2.94. The van der Waals surface area contributed by atoms with Crippen LogP contribution in [0.15, 0.2) is 42.9 Å². The highest BCUT2D eigenvalue weighted by Crippen LogP contribution is 2.12. The van der Waals surface area contributed by atoms with Crippen LogP contribution in [-0.4, -0.2) is 19.5 Å². The van der Waals surface area contributed by atoms with Gasteiger partial charge in [-0.3, -0.25) is 0 Å². The first kappa shape index (κ1) is 13.7. The zero-order valence-electron chi connectivity index (χ0n) is 12.4. The maximum atomic E-state index is 4.55. The molecule has 0 amide bonds. The van der Waals surface area contributed by atoms with E-state index in [1.54, 1.807) is 0 Å². The highest BCUT2D eigenvalue weighted by atomic mass is 15.1. The van der Waals surface area contributed by atoms with Crippen molar-refractivity contribution in [3.8, 4) is 0 Å². The Hall–Kier alpha value is -2.23. The standard InChI is InChI=1S/C17H20N4/c1-2-3-9-16-18-12-15-17(20-16)19-13-21(15)11-10-14-7-5-4-6-8-14/h4-8,12-13H,2-3,9-11H2,1H3. The Morgan fingerprint density at radius 1 is 1.05 bits per heavy atom. The summed E-state index contributed by atoms with van der Waals surface area (Å²) in [5, 5.41) is 0. The molecule has 0 unspecified atom stereocenters. The van der Waals surface area contributed by atoms with Gasteiger partial charge in [-0.1, -0.05) is 43.7 Å². The fourth-order valence-corrected chi connectivity index (χ4v) is 2.41. The molecule has 0 atom stereocenters. The molecule has 2 heterocycles. The zero-order valence-corrected chi connectivity index (χ0v) is 12.4. The Kier molecular flexibility index (Phi) is 4.24. The second kappa shape index (κ2) is 6.48. The van der Waals surface area contributed by atoms with Crippen LogP contribution in [0.1, 0.15) is 31.2 Å². The second-order valence-corrected chi connectivity index (χ2v) is 5.27. The highest BCUT2D eigenvalue weighted by molar-refractivity contribution is 5.69.